The molecule has 586 valence electrons. The van der Waals surface area contributed by atoms with Crippen molar-refractivity contribution in [3.8, 4) is 112 Å². The average molecular weight is 1540 g/mol. The van der Waals surface area contributed by atoms with E-state index in [9.17, 15) is 0 Å². The minimum absolute atomic E-state index is 0.104. The van der Waals surface area contributed by atoms with E-state index >= 15 is 0 Å². The third-order valence-corrected chi connectivity index (χ3v) is 27.1. The number of rotatable bonds is 40. The summed E-state index contributed by atoms with van der Waals surface area (Å²) in [4.78, 5) is 0. The van der Waals surface area contributed by atoms with Gasteiger partial charge >= 0.3 is 0 Å². The van der Waals surface area contributed by atoms with Crippen LogP contribution in [0.2, 0.25) is 0 Å². The van der Waals surface area contributed by atoms with Crippen LogP contribution in [0.15, 0.2) is 182 Å². The Morgan fingerprint density at radius 2 is 0.425 bits per heavy atom. The summed E-state index contributed by atoms with van der Waals surface area (Å²) in [6.07, 6.45) is 36.6. The van der Waals surface area contributed by atoms with Gasteiger partial charge in [0.05, 0.1) is 35.7 Å². The normalized spacial score (nSPS) is 13.9. The van der Waals surface area contributed by atoms with Crippen LogP contribution in [-0.4, -0.2) is 29.7 Å². The summed E-state index contributed by atoms with van der Waals surface area (Å²) in [7, 11) is 0. The van der Waals surface area contributed by atoms with Crippen LogP contribution in [0.5, 0.6) is 11.5 Å². The first-order valence-electron chi connectivity index (χ1n) is 44.3. The summed E-state index contributed by atoms with van der Waals surface area (Å²) in [6, 6.07) is 71.7. The van der Waals surface area contributed by atoms with Gasteiger partial charge in [0.1, 0.15) is 33.6 Å². The molecular weight excluding hydrogens is 1410 g/mol. The molecule has 15 rings (SSSR count). The van der Waals surface area contributed by atoms with Gasteiger partial charge in [0.25, 0.3) is 0 Å². The van der Waals surface area contributed by atoms with Crippen LogP contribution in [0.1, 0.15) is 295 Å². The molecule has 0 amide bonds. The number of fused-ring (bicyclic) bond motifs is 11. The fourth-order valence-electron chi connectivity index (χ4n) is 20.3. The highest BCUT2D eigenvalue weighted by atomic mass is 32.1. The van der Waals surface area contributed by atoms with Gasteiger partial charge in [0.2, 0.25) is 0 Å². The average Bonchev–Trinajstić information content (AvgIpc) is 1.57. The molecule has 0 N–H and O–H groups in total. The summed E-state index contributed by atoms with van der Waals surface area (Å²) in [5.41, 5.74) is 35.5. The predicted octanol–water partition coefficient (Wildman–Crippen LogP) is 31.9. The molecule has 10 aromatic carbocycles. The quantitative estimate of drug-likeness (QED) is 0.0357. The van der Waals surface area contributed by atoms with E-state index in [2.05, 4.69) is 251 Å². The van der Waals surface area contributed by atoms with Crippen molar-refractivity contribution in [2.24, 2.45) is 0 Å². The van der Waals surface area contributed by atoms with E-state index in [1.807, 2.05) is 0 Å². The third-order valence-electron chi connectivity index (χ3n) is 26.0. The largest absolute Gasteiger partial charge is 0.491 e. The Morgan fingerprint density at radius 3 is 0.637 bits per heavy atom. The Hall–Kier alpha value is -8.56. The summed E-state index contributed by atoms with van der Waals surface area (Å²) >= 11 is 2.72. The molecular formula is C105H122N4O2S2. The van der Waals surface area contributed by atoms with Gasteiger partial charge in [-0.3, -0.25) is 0 Å². The third kappa shape index (κ3) is 16.1. The SMILES string of the molecule is CCCCCCC1(CCCCCC)c2cc(-c3ccc(OC(C)C)cc3)ccc2-c2ccc(-c3ccc(-c4ccc5c(c4)C(CCCCCC)(CCCCCC)c4cc(-c6ccc(-c7ccc8c(c7)C(CCCCCC)(CCCCCC)c7cc(-c9ccc(OC(C)C)cc9)ccc7-8)c7nsnc67)ccc4-5)c4nsnc34)cc21. The van der Waals surface area contributed by atoms with Crippen molar-refractivity contribution in [1.29, 1.82) is 0 Å². The zero-order chi connectivity index (χ0) is 78.1. The number of nitrogens with zero attached hydrogens (tertiary/aromatic N) is 4. The van der Waals surface area contributed by atoms with Crippen molar-refractivity contribution < 1.29 is 9.47 Å². The molecule has 0 atom stereocenters. The zero-order valence-corrected chi connectivity index (χ0v) is 71.2. The van der Waals surface area contributed by atoms with Gasteiger partial charge in [-0.2, -0.15) is 17.5 Å². The van der Waals surface area contributed by atoms with Crippen LogP contribution in [0.4, 0.5) is 0 Å². The van der Waals surface area contributed by atoms with Gasteiger partial charge in [-0.25, -0.2) is 0 Å². The Labute approximate surface area is 685 Å². The molecule has 3 aliphatic rings. The predicted molar refractivity (Wildman–Crippen MR) is 484 cm³/mol. The fraction of sp³-hybridized carbons (Fsp3) is 0.429. The number of ether oxygens (including phenoxy) is 2. The first-order valence-corrected chi connectivity index (χ1v) is 45.8. The lowest BCUT2D eigenvalue weighted by molar-refractivity contribution is 0.242. The smallest absolute Gasteiger partial charge is 0.119 e. The lowest BCUT2D eigenvalue weighted by Gasteiger charge is -2.33. The highest BCUT2D eigenvalue weighted by Gasteiger charge is 2.46. The summed E-state index contributed by atoms with van der Waals surface area (Å²) in [6.45, 7) is 22.4. The molecule has 8 heteroatoms. The van der Waals surface area contributed by atoms with E-state index in [0.29, 0.717) is 0 Å². The van der Waals surface area contributed by atoms with Gasteiger partial charge in [-0.1, -0.05) is 317 Å². The number of hydrogen-bond donors (Lipinski definition) is 0. The molecule has 12 aromatic rings. The van der Waals surface area contributed by atoms with Gasteiger partial charge < -0.3 is 9.47 Å². The maximum absolute atomic E-state index is 6.12. The van der Waals surface area contributed by atoms with E-state index in [1.165, 1.54) is 289 Å². The van der Waals surface area contributed by atoms with E-state index < -0.39 is 0 Å². The minimum atomic E-state index is -0.179. The van der Waals surface area contributed by atoms with Gasteiger partial charge in [-0.05, 0) is 238 Å². The first kappa shape index (κ1) is 79.7. The molecule has 0 fully saturated rings. The molecule has 0 unspecified atom stereocenters. The van der Waals surface area contributed by atoms with Crippen LogP contribution in [0, 0.1) is 0 Å². The van der Waals surface area contributed by atoms with Crippen molar-refractivity contribution in [2.75, 3.05) is 0 Å². The van der Waals surface area contributed by atoms with Crippen molar-refractivity contribution in [1.82, 2.24) is 17.5 Å². The van der Waals surface area contributed by atoms with Crippen molar-refractivity contribution >= 4 is 45.5 Å². The molecule has 6 nitrogen and oxygen atoms in total. The second kappa shape index (κ2) is 36.1. The standard InChI is InChI=1S/C105H122N4O2S2/c1-11-17-23-29-59-103(60-30-24-18-12-2)93-65-75(73-35-45-81(46-36-73)110-71(7)8)39-49-87(93)89-51-41-77(67-95(89)103)83-55-57-85(101-99(83)106-112-108-101)79-43-53-91-92-54-44-80(70-98(92)105(97(91)69-79,63-33-27-21-15-5)64-34-28-22-16-6)86-58-56-84(100-102(86)109-113-107-100)78-42-52-90-88-50-40-76(74-37-47-82(48-38-74)111-72(9)10)66-94(88)104(96(90)68-78,61-31-25-19-13-3)62-32-26-20-14-4/h35-58,65-72H,11-34,59-64H2,1-10H3. The first-order chi connectivity index (χ1) is 55.4. The van der Waals surface area contributed by atoms with Crippen LogP contribution >= 0.6 is 23.5 Å². The van der Waals surface area contributed by atoms with Crippen LogP contribution < -0.4 is 9.47 Å². The second-order valence-electron chi connectivity index (χ2n) is 34.3. The number of aromatic nitrogens is 4. The minimum Gasteiger partial charge on any atom is -0.491 e. The zero-order valence-electron chi connectivity index (χ0n) is 69.6. The van der Waals surface area contributed by atoms with Crippen LogP contribution in [0.3, 0.4) is 0 Å². The maximum Gasteiger partial charge on any atom is 0.119 e. The summed E-state index contributed by atoms with van der Waals surface area (Å²) in [5.74, 6) is 1.84. The molecule has 0 radical (unpaired) electrons. The lowest BCUT2D eigenvalue weighted by atomic mass is 9.69. The van der Waals surface area contributed by atoms with Gasteiger partial charge in [-0.15, -0.1) is 0 Å². The van der Waals surface area contributed by atoms with Crippen molar-refractivity contribution in [3.05, 3.63) is 215 Å². The summed E-state index contributed by atoms with van der Waals surface area (Å²) < 4.78 is 33.3. The monoisotopic (exact) mass is 1530 g/mol. The number of hydrogen-bond acceptors (Lipinski definition) is 8. The molecule has 3 aliphatic carbocycles. The van der Waals surface area contributed by atoms with E-state index in [1.54, 1.807) is 0 Å². The fourth-order valence-corrected chi connectivity index (χ4v) is 21.4. The Kier molecular flexibility index (Phi) is 25.4. The van der Waals surface area contributed by atoms with Crippen LogP contribution in [-0.2, 0) is 16.2 Å². The van der Waals surface area contributed by atoms with Gasteiger partial charge in [0.15, 0.2) is 0 Å². The Morgan fingerprint density at radius 1 is 0.230 bits per heavy atom. The molecule has 0 bridgehead atoms. The van der Waals surface area contributed by atoms with E-state index in [4.69, 9.17) is 27.0 Å². The topological polar surface area (TPSA) is 70.0 Å². The molecule has 2 heterocycles. The Balaban J connectivity index is 0.790. The van der Waals surface area contributed by atoms with E-state index in [-0.39, 0.29) is 28.5 Å². The molecule has 0 aliphatic heterocycles. The van der Waals surface area contributed by atoms with Crippen molar-refractivity contribution in [3.63, 3.8) is 0 Å². The van der Waals surface area contributed by atoms with Crippen molar-refractivity contribution in [2.45, 2.75) is 290 Å². The van der Waals surface area contributed by atoms with Gasteiger partial charge in [0, 0.05) is 38.5 Å². The Bertz CT molecular complexity index is 4900. The molecule has 0 spiro atoms. The second-order valence-corrected chi connectivity index (χ2v) is 35.4. The molecule has 113 heavy (non-hydrogen) atoms. The molecule has 0 saturated heterocycles. The highest BCUT2D eigenvalue weighted by molar-refractivity contribution is 7.00. The lowest BCUT2D eigenvalue weighted by Crippen LogP contribution is -2.25. The van der Waals surface area contributed by atoms with Crippen LogP contribution in [0.25, 0.3) is 122 Å². The molecule has 0 saturated carbocycles. The molecule has 2 aromatic heterocycles. The van der Waals surface area contributed by atoms with E-state index in [0.717, 1.165) is 94.3 Å². The summed E-state index contributed by atoms with van der Waals surface area (Å²) in [5, 5.41) is 0. The number of unbranched alkanes of at least 4 members (excludes halogenated alkanes) is 18. The number of benzene rings is 10. The maximum atomic E-state index is 6.12. The highest BCUT2D eigenvalue weighted by Crippen LogP contribution is 2.60.